The van der Waals surface area contributed by atoms with Gasteiger partial charge < -0.3 is 4.98 Å². The molecule has 6 nitrogen and oxygen atoms in total. The van der Waals surface area contributed by atoms with Crippen LogP contribution in [0.4, 0.5) is 13.2 Å². The fraction of sp³-hybridized carbons (Fsp3) is 0.318. The lowest BCUT2D eigenvalue weighted by Crippen LogP contribution is -2.36. The number of H-pyrrole nitrogens is 1. The summed E-state index contributed by atoms with van der Waals surface area (Å²) in [6, 6.07) is 11.6. The predicted octanol–water partition coefficient (Wildman–Crippen LogP) is 4.70. The van der Waals surface area contributed by atoms with E-state index in [1.807, 2.05) is 18.3 Å². The average molecular weight is 427 g/mol. The molecule has 160 valence electrons. The van der Waals surface area contributed by atoms with Gasteiger partial charge in [-0.3, -0.25) is 4.79 Å². The van der Waals surface area contributed by atoms with Gasteiger partial charge in [0.1, 0.15) is 6.04 Å². The van der Waals surface area contributed by atoms with E-state index in [9.17, 15) is 18.0 Å². The Hall–Kier alpha value is -3.36. The Kier molecular flexibility index (Phi) is 4.68. The van der Waals surface area contributed by atoms with Crippen molar-refractivity contribution in [1.82, 2.24) is 19.8 Å². The second-order valence-electron chi connectivity index (χ2n) is 7.89. The number of alkyl halides is 3. The van der Waals surface area contributed by atoms with E-state index >= 15 is 0 Å². The predicted molar refractivity (Wildman–Crippen MR) is 107 cm³/mol. The van der Waals surface area contributed by atoms with Crippen LogP contribution in [0.15, 0.2) is 60.0 Å². The summed E-state index contributed by atoms with van der Waals surface area (Å²) < 4.78 is 39.6. The van der Waals surface area contributed by atoms with Crippen LogP contribution in [0.2, 0.25) is 0 Å². The minimum atomic E-state index is -4.48. The third-order valence-corrected chi connectivity index (χ3v) is 5.92. The first-order valence-electron chi connectivity index (χ1n) is 10.2. The summed E-state index contributed by atoms with van der Waals surface area (Å²) in [4.78, 5) is 16.1. The highest BCUT2D eigenvalue weighted by molar-refractivity contribution is 6.03. The molecule has 1 aliphatic heterocycles. The molecule has 0 spiro atoms. The van der Waals surface area contributed by atoms with Crippen molar-refractivity contribution in [2.45, 2.75) is 37.9 Å². The molecule has 0 radical (unpaired) electrons. The minimum absolute atomic E-state index is 0.0329. The van der Waals surface area contributed by atoms with Crippen molar-refractivity contribution < 1.29 is 18.0 Å². The maximum Gasteiger partial charge on any atom is 0.435 e. The Morgan fingerprint density at radius 1 is 1.10 bits per heavy atom. The fourth-order valence-electron chi connectivity index (χ4n) is 3.95. The largest absolute Gasteiger partial charge is 0.435 e. The zero-order chi connectivity index (χ0) is 21.6. The van der Waals surface area contributed by atoms with Gasteiger partial charge in [0, 0.05) is 30.4 Å². The van der Waals surface area contributed by atoms with Crippen LogP contribution in [0.3, 0.4) is 0 Å². The average Bonchev–Trinajstić information content (AvgIpc) is 3.46. The molecule has 5 rings (SSSR count). The summed E-state index contributed by atoms with van der Waals surface area (Å²) in [7, 11) is 0. The van der Waals surface area contributed by atoms with Crippen LogP contribution in [0.5, 0.6) is 0 Å². The number of carbonyl (C=O) groups is 1. The molecule has 1 saturated carbocycles. The molecule has 1 aromatic carbocycles. The van der Waals surface area contributed by atoms with Crippen molar-refractivity contribution in [1.29, 1.82) is 0 Å². The van der Waals surface area contributed by atoms with E-state index in [4.69, 9.17) is 0 Å². The van der Waals surface area contributed by atoms with E-state index < -0.39 is 11.9 Å². The maximum absolute atomic E-state index is 12.9. The third-order valence-electron chi connectivity index (χ3n) is 5.92. The molecule has 3 aromatic rings. The van der Waals surface area contributed by atoms with Crippen LogP contribution in [0, 0.1) is 5.92 Å². The molecule has 2 aromatic heterocycles. The first-order valence-corrected chi connectivity index (χ1v) is 10.2. The van der Waals surface area contributed by atoms with Crippen molar-refractivity contribution in [2.75, 3.05) is 0 Å². The van der Waals surface area contributed by atoms with Crippen LogP contribution in [0.1, 0.15) is 48.7 Å². The van der Waals surface area contributed by atoms with Gasteiger partial charge in [-0.25, -0.2) is 9.69 Å². The van der Waals surface area contributed by atoms with Crippen molar-refractivity contribution in [2.24, 2.45) is 11.0 Å². The van der Waals surface area contributed by atoms with E-state index in [0.717, 1.165) is 42.3 Å². The number of rotatable bonds is 4. The standard InChI is InChI=1S/C22H20F3N5O/c23-22(24,25)20-10-12-29(28-20)16-8-6-14(7-9-16)18-13-19(17-5-2-11-26-17)30(27-18)21(31)15-3-1-4-15/h2,5-12,15,19,26H,1,3-4,13H2. The number of carbonyl (C=O) groups excluding carboxylic acids is 1. The summed E-state index contributed by atoms with van der Waals surface area (Å²) in [6.07, 6.45) is 2.06. The first kappa shape index (κ1) is 19.6. The smallest absolute Gasteiger partial charge is 0.363 e. The first-order chi connectivity index (χ1) is 14.9. The molecule has 0 bridgehead atoms. The summed E-state index contributed by atoms with van der Waals surface area (Å²) in [5.74, 6) is 0.0827. The zero-order valence-electron chi connectivity index (χ0n) is 16.5. The van der Waals surface area contributed by atoms with Crippen molar-refractivity contribution in [3.8, 4) is 5.69 Å². The second-order valence-corrected chi connectivity index (χ2v) is 7.89. The van der Waals surface area contributed by atoms with Gasteiger partial charge in [0.25, 0.3) is 0 Å². The molecule has 9 heteroatoms. The molecule has 1 atom stereocenters. The topological polar surface area (TPSA) is 66.3 Å². The normalized spacial score (nSPS) is 19.4. The number of hydrazone groups is 1. The summed E-state index contributed by atoms with van der Waals surface area (Å²) in [5, 5.41) is 9.85. The Balaban J connectivity index is 1.40. The van der Waals surface area contributed by atoms with Gasteiger partial charge in [-0.1, -0.05) is 18.6 Å². The van der Waals surface area contributed by atoms with Gasteiger partial charge in [0.15, 0.2) is 5.69 Å². The van der Waals surface area contributed by atoms with Gasteiger partial charge in [0.2, 0.25) is 5.91 Å². The zero-order valence-corrected chi connectivity index (χ0v) is 16.5. The van der Waals surface area contributed by atoms with Gasteiger partial charge >= 0.3 is 6.18 Å². The maximum atomic E-state index is 12.9. The lowest BCUT2D eigenvalue weighted by atomic mass is 9.84. The van der Waals surface area contributed by atoms with Crippen LogP contribution in [-0.4, -0.2) is 31.4 Å². The quantitative estimate of drug-likeness (QED) is 0.656. The Labute approximate surface area is 176 Å². The van der Waals surface area contributed by atoms with E-state index in [0.29, 0.717) is 12.1 Å². The van der Waals surface area contributed by atoms with Gasteiger partial charge in [-0.05, 0) is 48.7 Å². The lowest BCUT2D eigenvalue weighted by Gasteiger charge is -2.30. The van der Waals surface area contributed by atoms with E-state index in [1.165, 1.54) is 10.9 Å². The summed E-state index contributed by atoms with van der Waals surface area (Å²) >= 11 is 0. The summed E-state index contributed by atoms with van der Waals surface area (Å²) in [5.41, 5.74) is 2.11. The monoisotopic (exact) mass is 427 g/mol. The highest BCUT2D eigenvalue weighted by Gasteiger charge is 2.38. The molecule has 31 heavy (non-hydrogen) atoms. The number of aromatic nitrogens is 3. The minimum Gasteiger partial charge on any atom is -0.363 e. The van der Waals surface area contributed by atoms with E-state index in [1.54, 1.807) is 29.3 Å². The van der Waals surface area contributed by atoms with Crippen LogP contribution in [-0.2, 0) is 11.0 Å². The number of benzene rings is 1. The molecule has 1 N–H and O–H groups in total. The highest BCUT2D eigenvalue weighted by Crippen LogP contribution is 2.37. The number of aromatic amines is 1. The molecule has 2 aliphatic rings. The SMILES string of the molecule is O=C(C1CCC1)N1N=C(c2ccc(-n3ccc(C(F)(F)F)n3)cc2)CC1c1ccc[nH]1. The van der Waals surface area contributed by atoms with Crippen molar-refractivity contribution >= 4 is 11.6 Å². The van der Waals surface area contributed by atoms with E-state index in [-0.39, 0.29) is 17.9 Å². The molecule has 1 unspecified atom stereocenters. The Morgan fingerprint density at radius 2 is 1.87 bits per heavy atom. The van der Waals surface area contributed by atoms with Crippen LogP contribution < -0.4 is 0 Å². The van der Waals surface area contributed by atoms with Gasteiger partial charge in [-0.15, -0.1) is 0 Å². The number of hydrogen-bond donors (Lipinski definition) is 1. The van der Waals surface area contributed by atoms with E-state index in [2.05, 4.69) is 15.2 Å². The second kappa shape index (κ2) is 7.40. The number of hydrogen-bond acceptors (Lipinski definition) is 3. The molecule has 3 heterocycles. The van der Waals surface area contributed by atoms with Crippen molar-refractivity contribution in [3.05, 3.63) is 71.8 Å². The number of halogens is 3. The van der Waals surface area contributed by atoms with Gasteiger partial charge in [-0.2, -0.15) is 23.4 Å². The molecule has 1 amide bonds. The lowest BCUT2D eigenvalue weighted by molar-refractivity contribution is -0.141. The van der Waals surface area contributed by atoms with Crippen molar-refractivity contribution in [3.63, 3.8) is 0 Å². The Bertz CT molecular complexity index is 1110. The summed E-state index contributed by atoms with van der Waals surface area (Å²) in [6.45, 7) is 0. The third kappa shape index (κ3) is 3.64. The molecule has 1 fully saturated rings. The molecular formula is C22H20F3N5O. The number of amides is 1. The Morgan fingerprint density at radius 3 is 2.45 bits per heavy atom. The number of nitrogens with zero attached hydrogens (tertiary/aromatic N) is 4. The van der Waals surface area contributed by atoms with Crippen LogP contribution >= 0.6 is 0 Å². The van der Waals surface area contributed by atoms with Gasteiger partial charge in [0.05, 0.1) is 11.4 Å². The van der Waals surface area contributed by atoms with Crippen LogP contribution in [0.25, 0.3) is 5.69 Å². The molecule has 1 aliphatic carbocycles. The molecular weight excluding hydrogens is 407 g/mol. The fourth-order valence-corrected chi connectivity index (χ4v) is 3.95. The highest BCUT2D eigenvalue weighted by atomic mass is 19.4. The number of nitrogens with one attached hydrogen (secondary N) is 1. The molecule has 0 saturated heterocycles.